The molecule has 0 fully saturated rings. The maximum absolute atomic E-state index is 5.82. The third-order valence-corrected chi connectivity index (χ3v) is 5.37. The fourth-order valence-electron chi connectivity index (χ4n) is 3.15. The van der Waals surface area contributed by atoms with Gasteiger partial charge in [0.15, 0.2) is 5.82 Å². The first-order valence-electron chi connectivity index (χ1n) is 11.3. The fourth-order valence-corrected chi connectivity index (χ4v) is 3.15. The molecular weight excluding hydrogens is 344 g/mol. The van der Waals surface area contributed by atoms with Crippen LogP contribution in [0.4, 0.5) is 0 Å². The van der Waals surface area contributed by atoms with Gasteiger partial charge in [-0.15, -0.1) is 0 Å². The molecule has 1 heterocycles. The van der Waals surface area contributed by atoms with E-state index in [1.807, 2.05) is 36.7 Å². The van der Waals surface area contributed by atoms with E-state index in [0.717, 1.165) is 36.6 Å². The average molecular weight is 383 g/mol. The first-order valence-corrected chi connectivity index (χ1v) is 11.3. The Morgan fingerprint density at radius 3 is 2.04 bits per heavy atom. The first kappa shape index (κ1) is 22.4. The molecule has 1 atom stereocenters. The van der Waals surface area contributed by atoms with Crippen LogP contribution in [0.1, 0.15) is 84.1 Å². The molecule has 2 aromatic rings. The van der Waals surface area contributed by atoms with Gasteiger partial charge in [-0.2, -0.15) is 0 Å². The molecule has 1 unspecified atom stereocenters. The van der Waals surface area contributed by atoms with Crippen molar-refractivity contribution in [1.82, 2.24) is 9.97 Å². The number of aryl methyl sites for hydroxylation is 1. The summed E-state index contributed by atoms with van der Waals surface area (Å²) in [7, 11) is 0. The normalized spacial score (nSPS) is 12.1. The van der Waals surface area contributed by atoms with Gasteiger partial charge >= 0.3 is 0 Å². The Bertz CT molecular complexity index is 637. The maximum Gasteiger partial charge on any atom is 0.159 e. The zero-order valence-corrected chi connectivity index (χ0v) is 18.1. The van der Waals surface area contributed by atoms with Gasteiger partial charge < -0.3 is 4.74 Å². The summed E-state index contributed by atoms with van der Waals surface area (Å²) in [6.07, 6.45) is 17.0. The van der Waals surface area contributed by atoms with Crippen molar-refractivity contribution in [2.24, 2.45) is 5.92 Å². The van der Waals surface area contributed by atoms with Crippen LogP contribution in [0, 0.1) is 5.92 Å². The first-order chi connectivity index (χ1) is 13.7. The van der Waals surface area contributed by atoms with Crippen molar-refractivity contribution in [1.29, 1.82) is 0 Å². The molecule has 0 aliphatic heterocycles. The lowest BCUT2D eigenvalue weighted by molar-refractivity contribution is 0.256. The highest BCUT2D eigenvalue weighted by Crippen LogP contribution is 2.20. The van der Waals surface area contributed by atoms with E-state index in [-0.39, 0.29) is 0 Å². The number of ether oxygens (including phenoxy) is 1. The predicted molar refractivity (Wildman–Crippen MR) is 119 cm³/mol. The number of unbranched alkanes of at least 4 members (excludes halogenated alkanes) is 7. The molecule has 0 spiro atoms. The highest BCUT2D eigenvalue weighted by atomic mass is 16.5. The predicted octanol–water partition coefficient (Wildman–Crippen LogP) is 7.25. The van der Waals surface area contributed by atoms with Crippen LogP contribution in [0.3, 0.4) is 0 Å². The molecule has 3 heteroatoms. The molecule has 154 valence electrons. The molecule has 28 heavy (non-hydrogen) atoms. The molecule has 0 amide bonds. The second-order valence-corrected chi connectivity index (χ2v) is 7.99. The third-order valence-electron chi connectivity index (χ3n) is 5.37. The van der Waals surface area contributed by atoms with Crippen molar-refractivity contribution in [3.63, 3.8) is 0 Å². The molecule has 3 nitrogen and oxygen atoms in total. The standard InChI is InChI=1S/C25H38N2O/c1-4-6-7-8-9-10-11-12-13-22-18-26-25(27-19-22)23-14-16-24(17-15-23)28-20-21(3)5-2/h14-19,21H,4-13,20H2,1-3H3. The second kappa shape index (κ2) is 13.3. The minimum absolute atomic E-state index is 0.580. The zero-order chi connectivity index (χ0) is 20.0. The third kappa shape index (κ3) is 8.41. The highest BCUT2D eigenvalue weighted by molar-refractivity contribution is 5.55. The molecular formula is C25H38N2O. The maximum atomic E-state index is 5.82. The Morgan fingerprint density at radius 1 is 0.821 bits per heavy atom. The van der Waals surface area contributed by atoms with Gasteiger partial charge in [0.2, 0.25) is 0 Å². The summed E-state index contributed by atoms with van der Waals surface area (Å²) in [6.45, 7) is 7.43. The van der Waals surface area contributed by atoms with Crippen molar-refractivity contribution in [3.8, 4) is 17.1 Å². The van der Waals surface area contributed by atoms with Gasteiger partial charge in [0.25, 0.3) is 0 Å². The van der Waals surface area contributed by atoms with E-state index in [0.29, 0.717) is 5.92 Å². The number of aromatic nitrogens is 2. The number of nitrogens with zero attached hydrogens (tertiary/aromatic N) is 2. The van der Waals surface area contributed by atoms with E-state index >= 15 is 0 Å². The van der Waals surface area contributed by atoms with E-state index < -0.39 is 0 Å². The van der Waals surface area contributed by atoms with Gasteiger partial charge in [-0.1, -0.05) is 72.1 Å². The summed E-state index contributed by atoms with van der Waals surface area (Å²) in [4.78, 5) is 9.13. The van der Waals surface area contributed by atoms with Crippen LogP contribution in [0.5, 0.6) is 5.75 Å². The van der Waals surface area contributed by atoms with Gasteiger partial charge in [-0.25, -0.2) is 9.97 Å². The average Bonchev–Trinajstić information content (AvgIpc) is 2.74. The molecule has 0 saturated heterocycles. The molecule has 0 aliphatic rings. The molecule has 1 aromatic carbocycles. The van der Waals surface area contributed by atoms with Crippen LogP contribution < -0.4 is 4.74 Å². The quantitative estimate of drug-likeness (QED) is 0.323. The SMILES string of the molecule is CCCCCCCCCCc1cnc(-c2ccc(OCC(C)CC)cc2)nc1. The van der Waals surface area contributed by atoms with E-state index in [2.05, 4.69) is 30.7 Å². The number of benzene rings is 1. The van der Waals surface area contributed by atoms with Gasteiger partial charge in [-0.05, 0) is 48.6 Å². The van der Waals surface area contributed by atoms with Crippen molar-refractivity contribution >= 4 is 0 Å². The number of hydrogen-bond acceptors (Lipinski definition) is 3. The van der Waals surface area contributed by atoms with Crippen molar-refractivity contribution in [3.05, 3.63) is 42.2 Å². The summed E-state index contributed by atoms with van der Waals surface area (Å²) in [5, 5.41) is 0. The Labute approximate surface area is 172 Å². The van der Waals surface area contributed by atoms with E-state index in [1.54, 1.807) is 0 Å². The largest absolute Gasteiger partial charge is 0.493 e. The minimum Gasteiger partial charge on any atom is -0.493 e. The van der Waals surface area contributed by atoms with E-state index in [4.69, 9.17) is 4.74 Å². The Hall–Kier alpha value is -1.90. The van der Waals surface area contributed by atoms with Gasteiger partial charge in [0.1, 0.15) is 5.75 Å². The monoisotopic (exact) mass is 382 g/mol. The summed E-state index contributed by atoms with van der Waals surface area (Å²) in [5.74, 6) is 2.28. The topological polar surface area (TPSA) is 35.0 Å². The van der Waals surface area contributed by atoms with Crippen LogP contribution >= 0.6 is 0 Å². The Morgan fingerprint density at radius 2 is 1.43 bits per heavy atom. The molecule has 0 N–H and O–H groups in total. The fraction of sp³-hybridized carbons (Fsp3) is 0.600. The van der Waals surface area contributed by atoms with Crippen LogP contribution in [0.2, 0.25) is 0 Å². The summed E-state index contributed by atoms with van der Waals surface area (Å²) in [6, 6.07) is 8.10. The molecule has 0 bridgehead atoms. The zero-order valence-electron chi connectivity index (χ0n) is 18.1. The van der Waals surface area contributed by atoms with Gasteiger partial charge in [0, 0.05) is 18.0 Å². The lowest BCUT2D eigenvalue weighted by atomic mass is 10.1. The van der Waals surface area contributed by atoms with Crippen LogP contribution in [0.25, 0.3) is 11.4 Å². The Kier molecular flexibility index (Phi) is 10.6. The van der Waals surface area contributed by atoms with Crippen LogP contribution in [-0.2, 0) is 6.42 Å². The molecule has 0 radical (unpaired) electrons. The Balaban J connectivity index is 1.71. The second-order valence-electron chi connectivity index (χ2n) is 7.99. The lowest BCUT2D eigenvalue weighted by Crippen LogP contribution is -2.07. The molecule has 0 saturated carbocycles. The summed E-state index contributed by atoms with van der Waals surface area (Å²) < 4.78 is 5.82. The van der Waals surface area contributed by atoms with Crippen LogP contribution in [-0.4, -0.2) is 16.6 Å². The minimum atomic E-state index is 0.580. The summed E-state index contributed by atoms with van der Waals surface area (Å²) in [5.41, 5.74) is 2.28. The van der Waals surface area contributed by atoms with E-state index in [1.165, 1.54) is 56.9 Å². The summed E-state index contributed by atoms with van der Waals surface area (Å²) >= 11 is 0. The van der Waals surface area contributed by atoms with Crippen molar-refractivity contribution < 1.29 is 4.74 Å². The lowest BCUT2D eigenvalue weighted by Gasteiger charge is -2.11. The smallest absolute Gasteiger partial charge is 0.159 e. The number of hydrogen-bond donors (Lipinski definition) is 0. The van der Waals surface area contributed by atoms with Crippen molar-refractivity contribution in [2.75, 3.05) is 6.61 Å². The van der Waals surface area contributed by atoms with Gasteiger partial charge in [0.05, 0.1) is 6.61 Å². The van der Waals surface area contributed by atoms with E-state index in [9.17, 15) is 0 Å². The molecule has 2 rings (SSSR count). The van der Waals surface area contributed by atoms with Crippen molar-refractivity contribution in [2.45, 2.75) is 85.0 Å². The highest BCUT2D eigenvalue weighted by Gasteiger charge is 2.04. The number of rotatable bonds is 14. The van der Waals surface area contributed by atoms with Crippen LogP contribution in [0.15, 0.2) is 36.7 Å². The molecule has 1 aromatic heterocycles. The van der Waals surface area contributed by atoms with Gasteiger partial charge in [-0.3, -0.25) is 0 Å². The molecule has 0 aliphatic carbocycles.